The summed E-state index contributed by atoms with van der Waals surface area (Å²) in [7, 11) is 0. The molecule has 3 nitrogen and oxygen atoms in total. The second-order valence-electron chi connectivity index (χ2n) is 2.83. The maximum atomic E-state index is 10.5. The molecule has 0 heterocycles. The van der Waals surface area contributed by atoms with E-state index in [4.69, 9.17) is 11.6 Å². The van der Waals surface area contributed by atoms with Crippen LogP contribution in [0.2, 0.25) is 0 Å². The van der Waals surface area contributed by atoms with Gasteiger partial charge in [0.25, 0.3) is 5.69 Å². The number of nitro benzene ring substituents is 1. The molecule has 1 aromatic carbocycles. The third-order valence-electron chi connectivity index (χ3n) is 1.82. The number of hydrogen-bond acceptors (Lipinski definition) is 2. The quantitative estimate of drug-likeness (QED) is 0.480. The van der Waals surface area contributed by atoms with E-state index in [2.05, 4.69) is 15.9 Å². The minimum absolute atomic E-state index is 0.123. The van der Waals surface area contributed by atoms with Gasteiger partial charge < -0.3 is 0 Å². The smallest absolute Gasteiger partial charge is 0.258 e. The molecule has 0 aliphatic heterocycles. The SMILES string of the molecule is O=[N+]([O-])c1ccc(Br)c(CCCCl)c1. The summed E-state index contributed by atoms with van der Waals surface area (Å²) in [6, 6.07) is 4.76. The molecule has 0 aliphatic rings. The van der Waals surface area contributed by atoms with E-state index in [1.807, 2.05) is 0 Å². The molecule has 0 saturated carbocycles. The highest BCUT2D eigenvalue weighted by Gasteiger charge is 2.08. The van der Waals surface area contributed by atoms with Crippen molar-refractivity contribution in [2.75, 3.05) is 5.88 Å². The average molecular weight is 279 g/mol. The van der Waals surface area contributed by atoms with Crippen LogP contribution in [0.15, 0.2) is 22.7 Å². The predicted molar refractivity (Wildman–Crippen MR) is 59.8 cm³/mol. The summed E-state index contributed by atoms with van der Waals surface area (Å²) >= 11 is 8.90. The lowest BCUT2D eigenvalue weighted by Gasteiger charge is -2.02. The minimum Gasteiger partial charge on any atom is -0.258 e. The largest absolute Gasteiger partial charge is 0.269 e. The predicted octanol–water partition coefficient (Wildman–Crippen LogP) is 3.53. The van der Waals surface area contributed by atoms with Crippen molar-refractivity contribution in [3.8, 4) is 0 Å². The standard InChI is InChI=1S/C9H9BrClNO2/c10-9-4-3-8(12(13)14)6-7(9)2-1-5-11/h3-4,6H,1-2,5H2. The zero-order chi connectivity index (χ0) is 10.6. The molecule has 0 bridgehead atoms. The number of nitro groups is 1. The van der Waals surface area contributed by atoms with E-state index in [0.29, 0.717) is 5.88 Å². The zero-order valence-electron chi connectivity index (χ0n) is 7.37. The second kappa shape index (κ2) is 5.32. The molecule has 5 heteroatoms. The van der Waals surface area contributed by atoms with Crippen LogP contribution in [0.25, 0.3) is 0 Å². The molecule has 0 spiro atoms. The van der Waals surface area contributed by atoms with E-state index in [-0.39, 0.29) is 5.69 Å². The molecular formula is C9H9BrClNO2. The van der Waals surface area contributed by atoms with Gasteiger partial charge in [-0.25, -0.2) is 0 Å². The summed E-state index contributed by atoms with van der Waals surface area (Å²) in [6.07, 6.45) is 1.58. The van der Waals surface area contributed by atoms with Crippen LogP contribution in [0, 0.1) is 10.1 Å². The van der Waals surface area contributed by atoms with Gasteiger partial charge in [0.2, 0.25) is 0 Å². The van der Waals surface area contributed by atoms with Crippen LogP contribution in [0.3, 0.4) is 0 Å². The molecule has 14 heavy (non-hydrogen) atoms. The second-order valence-corrected chi connectivity index (χ2v) is 4.06. The van der Waals surface area contributed by atoms with E-state index in [9.17, 15) is 10.1 Å². The Bertz CT molecular complexity index is 344. The number of halogens is 2. The van der Waals surface area contributed by atoms with Crippen LogP contribution in [0.1, 0.15) is 12.0 Å². The first kappa shape index (κ1) is 11.5. The van der Waals surface area contributed by atoms with Gasteiger partial charge in [-0.05, 0) is 24.5 Å². The van der Waals surface area contributed by atoms with Crippen LogP contribution in [-0.2, 0) is 6.42 Å². The highest BCUT2D eigenvalue weighted by Crippen LogP contribution is 2.23. The number of aryl methyl sites for hydroxylation is 1. The highest BCUT2D eigenvalue weighted by molar-refractivity contribution is 9.10. The van der Waals surface area contributed by atoms with Crippen LogP contribution < -0.4 is 0 Å². The van der Waals surface area contributed by atoms with E-state index in [1.54, 1.807) is 12.1 Å². The Balaban J connectivity index is 2.90. The van der Waals surface area contributed by atoms with Crippen LogP contribution in [-0.4, -0.2) is 10.8 Å². The first-order valence-corrected chi connectivity index (χ1v) is 5.46. The molecule has 1 rings (SSSR count). The molecule has 0 N–H and O–H groups in total. The van der Waals surface area contributed by atoms with Gasteiger partial charge in [0.05, 0.1) is 4.92 Å². The van der Waals surface area contributed by atoms with Crippen molar-refractivity contribution in [2.24, 2.45) is 0 Å². The van der Waals surface area contributed by atoms with Gasteiger partial charge in [-0.15, -0.1) is 11.6 Å². The molecular weight excluding hydrogens is 269 g/mol. The van der Waals surface area contributed by atoms with Gasteiger partial charge in [-0.2, -0.15) is 0 Å². The van der Waals surface area contributed by atoms with Crippen molar-refractivity contribution >= 4 is 33.2 Å². The number of hydrogen-bond donors (Lipinski definition) is 0. The third kappa shape index (κ3) is 2.96. The fourth-order valence-corrected chi connectivity index (χ4v) is 1.70. The summed E-state index contributed by atoms with van der Waals surface area (Å²) in [5.74, 6) is 0.565. The van der Waals surface area contributed by atoms with Crippen molar-refractivity contribution in [1.82, 2.24) is 0 Å². The Morgan fingerprint density at radius 1 is 1.50 bits per heavy atom. The fraction of sp³-hybridized carbons (Fsp3) is 0.333. The van der Waals surface area contributed by atoms with Crippen molar-refractivity contribution in [2.45, 2.75) is 12.8 Å². The van der Waals surface area contributed by atoms with E-state index in [1.165, 1.54) is 6.07 Å². The molecule has 0 radical (unpaired) electrons. The Morgan fingerprint density at radius 2 is 2.21 bits per heavy atom. The van der Waals surface area contributed by atoms with Crippen LogP contribution in [0.4, 0.5) is 5.69 Å². The Morgan fingerprint density at radius 3 is 2.79 bits per heavy atom. The molecule has 0 amide bonds. The first-order valence-electron chi connectivity index (χ1n) is 4.14. The molecule has 0 unspecified atom stereocenters. The third-order valence-corrected chi connectivity index (χ3v) is 2.86. The first-order chi connectivity index (χ1) is 6.65. The maximum absolute atomic E-state index is 10.5. The number of alkyl halides is 1. The zero-order valence-corrected chi connectivity index (χ0v) is 9.71. The van der Waals surface area contributed by atoms with Gasteiger partial charge in [-0.3, -0.25) is 10.1 Å². The van der Waals surface area contributed by atoms with Crippen LogP contribution in [0.5, 0.6) is 0 Å². The van der Waals surface area contributed by atoms with E-state index in [0.717, 1.165) is 22.9 Å². The van der Waals surface area contributed by atoms with Crippen molar-refractivity contribution < 1.29 is 4.92 Å². The highest BCUT2D eigenvalue weighted by atomic mass is 79.9. The summed E-state index contributed by atoms with van der Waals surface area (Å²) in [4.78, 5) is 10.1. The van der Waals surface area contributed by atoms with Crippen molar-refractivity contribution in [1.29, 1.82) is 0 Å². The summed E-state index contributed by atoms with van der Waals surface area (Å²) in [5.41, 5.74) is 1.05. The topological polar surface area (TPSA) is 43.1 Å². The molecule has 76 valence electrons. The molecule has 0 fully saturated rings. The van der Waals surface area contributed by atoms with Gasteiger partial charge in [0.1, 0.15) is 0 Å². The Hall–Kier alpha value is -0.610. The van der Waals surface area contributed by atoms with Gasteiger partial charge in [-0.1, -0.05) is 15.9 Å². The monoisotopic (exact) mass is 277 g/mol. The number of benzene rings is 1. The number of nitrogens with zero attached hydrogens (tertiary/aromatic N) is 1. The lowest BCUT2D eigenvalue weighted by Crippen LogP contribution is -1.92. The fourth-order valence-electron chi connectivity index (χ4n) is 1.12. The molecule has 0 atom stereocenters. The lowest BCUT2D eigenvalue weighted by atomic mass is 10.1. The Kier molecular flexibility index (Phi) is 4.35. The number of non-ortho nitro benzene ring substituents is 1. The normalized spacial score (nSPS) is 10.1. The maximum Gasteiger partial charge on any atom is 0.269 e. The summed E-state index contributed by atoms with van der Waals surface area (Å²) in [5, 5.41) is 10.5. The van der Waals surface area contributed by atoms with E-state index >= 15 is 0 Å². The van der Waals surface area contributed by atoms with Gasteiger partial charge in [0, 0.05) is 22.5 Å². The average Bonchev–Trinajstić information content (AvgIpc) is 2.16. The van der Waals surface area contributed by atoms with Crippen molar-refractivity contribution in [3.63, 3.8) is 0 Å². The Labute approximate surface area is 95.4 Å². The molecule has 0 saturated heterocycles. The van der Waals surface area contributed by atoms with Crippen molar-refractivity contribution in [3.05, 3.63) is 38.3 Å². The summed E-state index contributed by atoms with van der Waals surface area (Å²) in [6.45, 7) is 0. The lowest BCUT2D eigenvalue weighted by molar-refractivity contribution is -0.384. The van der Waals surface area contributed by atoms with Gasteiger partial charge in [0.15, 0.2) is 0 Å². The summed E-state index contributed by atoms with van der Waals surface area (Å²) < 4.78 is 0.896. The molecule has 0 aliphatic carbocycles. The van der Waals surface area contributed by atoms with Gasteiger partial charge >= 0.3 is 0 Å². The number of rotatable bonds is 4. The van der Waals surface area contributed by atoms with Crippen LogP contribution >= 0.6 is 27.5 Å². The molecule has 0 aromatic heterocycles. The molecule has 1 aromatic rings. The minimum atomic E-state index is -0.392. The van der Waals surface area contributed by atoms with E-state index < -0.39 is 4.92 Å².